The lowest BCUT2D eigenvalue weighted by atomic mass is 10.4. The Morgan fingerprint density at radius 1 is 1.47 bits per heavy atom. The van der Waals surface area contributed by atoms with E-state index in [0.29, 0.717) is 15.1 Å². The van der Waals surface area contributed by atoms with Gasteiger partial charge in [0, 0.05) is 6.04 Å². The second-order valence-electron chi connectivity index (χ2n) is 3.40. The molecule has 0 atom stereocenters. The number of nitrogens with one attached hydrogen (secondary N) is 3. The summed E-state index contributed by atoms with van der Waals surface area (Å²) in [7, 11) is 0. The predicted octanol–water partition coefficient (Wildman–Crippen LogP) is 1.86. The molecule has 0 unspecified atom stereocenters. The van der Waals surface area contributed by atoms with Crippen LogP contribution in [0.4, 0.5) is 5.13 Å². The molecule has 0 aliphatic rings. The maximum absolute atomic E-state index is 11.5. The summed E-state index contributed by atoms with van der Waals surface area (Å²) >= 11 is 6.17. The second kappa shape index (κ2) is 3.74. The van der Waals surface area contributed by atoms with Gasteiger partial charge in [-0.15, -0.1) is 0 Å². The quantitative estimate of drug-likeness (QED) is 0.703. The summed E-state index contributed by atoms with van der Waals surface area (Å²) in [4.78, 5) is 21.1. The molecule has 0 aliphatic heterocycles. The van der Waals surface area contributed by atoms with Crippen LogP contribution >= 0.6 is 23.6 Å². The van der Waals surface area contributed by atoms with E-state index in [1.807, 2.05) is 13.8 Å². The summed E-state index contributed by atoms with van der Waals surface area (Å²) in [6.45, 7) is 4.02. The van der Waals surface area contributed by atoms with Gasteiger partial charge in [-0.25, -0.2) is 4.98 Å². The van der Waals surface area contributed by atoms with Crippen molar-refractivity contribution in [2.75, 3.05) is 5.32 Å². The molecule has 5 nitrogen and oxygen atoms in total. The highest BCUT2D eigenvalue weighted by Crippen LogP contribution is 2.21. The number of hydrogen-bond acceptors (Lipinski definition) is 5. The van der Waals surface area contributed by atoms with Crippen LogP contribution in [0.1, 0.15) is 13.8 Å². The topological polar surface area (TPSA) is 73.6 Å². The molecule has 80 valence electrons. The molecule has 0 saturated heterocycles. The Morgan fingerprint density at radius 3 is 2.87 bits per heavy atom. The molecule has 2 rings (SSSR count). The van der Waals surface area contributed by atoms with Crippen LogP contribution in [0, 0.1) is 4.77 Å². The van der Waals surface area contributed by atoms with E-state index in [1.165, 1.54) is 11.3 Å². The van der Waals surface area contributed by atoms with Crippen LogP contribution in [0.2, 0.25) is 0 Å². The van der Waals surface area contributed by atoms with Gasteiger partial charge in [0.2, 0.25) is 0 Å². The molecule has 0 aliphatic carbocycles. The fourth-order valence-corrected chi connectivity index (χ4v) is 2.32. The molecule has 0 radical (unpaired) electrons. The van der Waals surface area contributed by atoms with Crippen molar-refractivity contribution in [3.05, 3.63) is 15.1 Å². The number of thiazole rings is 1. The van der Waals surface area contributed by atoms with Gasteiger partial charge in [0.1, 0.15) is 4.70 Å². The summed E-state index contributed by atoms with van der Waals surface area (Å²) in [5.41, 5.74) is 0.347. The number of hydrogen-bond donors (Lipinski definition) is 3. The number of fused-ring (bicyclic) bond motifs is 1. The van der Waals surface area contributed by atoms with E-state index >= 15 is 0 Å². The third kappa shape index (κ3) is 2.07. The molecule has 2 heterocycles. The minimum Gasteiger partial charge on any atom is -0.359 e. The van der Waals surface area contributed by atoms with E-state index in [1.54, 1.807) is 0 Å². The van der Waals surface area contributed by atoms with Gasteiger partial charge in [-0.05, 0) is 26.1 Å². The normalized spacial score (nSPS) is 11.1. The molecule has 2 aromatic rings. The fraction of sp³-hybridized carbons (Fsp3) is 0.375. The Hall–Kier alpha value is -1.21. The minimum atomic E-state index is -0.192. The van der Waals surface area contributed by atoms with Gasteiger partial charge in [-0.1, -0.05) is 11.3 Å². The zero-order valence-electron chi connectivity index (χ0n) is 8.25. The summed E-state index contributed by atoms with van der Waals surface area (Å²) in [6, 6.07) is 0.285. The monoisotopic (exact) mass is 242 g/mol. The number of nitrogens with zero attached hydrogens (tertiary/aromatic N) is 1. The van der Waals surface area contributed by atoms with Crippen LogP contribution in [0.25, 0.3) is 10.3 Å². The number of H-pyrrole nitrogens is 2. The first kappa shape index (κ1) is 10.3. The number of rotatable bonds is 2. The highest BCUT2D eigenvalue weighted by molar-refractivity contribution is 7.71. The minimum absolute atomic E-state index is 0.192. The predicted molar refractivity (Wildman–Crippen MR) is 64.2 cm³/mol. The van der Waals surface area contributed by atoms with E-state index < -0.39 is 0 Å². The maximum Gasteiger partial charge on any atom is 0.271 e. The van der Waals surface area contributed by atoms with Crippen molar-refractivity contribution in [3.8, 4) is 0 Å². The lowest BCUT2D eigenvalue weighted by Crippen LogP contribution is -2.08. The van der Waals surface area contributed by atoms with Gasteiger partial charge >= 0.3 is 0 Å². The van der Waals surface area contributed by atoms with E-state index in [2.05, 4.69) is 20.3 Å². The molecule has 0 fully saturated rings. The van der Waals surface area contributed by atoms with Gasteiger partial charge in [-0.2, -0.15) is 0 Å². The zero-order chi connectivity index (χ0) is 11.0. The first-order chi connectivity index (χ1) is 7.06. The van der Waals surface area contributed by atoms with Crippen molar-refractivity contribution in [1.82, 2.24) is 15.0 Å². The van der Waals surface area contributed by atoms with Crippen LogP contribution in [0.15, 0.2) is 4.79 Å². The molecule has 7 heteroatoms. The average molecular weight is 242 g/mol. The van der Waals surface area contributed by atoms with Gasteiger partial charge < -0.3 is 10.3 Å². The number of aromatic amines is 2. The lowest BCUT2D eigenvalue weighted by Gasteiger charge is -2.03. The molecule has 0 bridgehead atoms. The van der Waals surface area contributed by atoms with Crippen LogP contribution in [-0.4, -0.2) is 21.0 Å². The van der Waals surface area contributed by atoms with Crippen LogP contribution in [0.3, 0.4) is 0 Å². The smallest absolute Gasteiger partial charge is 0.271 e. The molecule has 0 saturated carbocycles. The van der Waals surface area contributed by atoms with Crippen molar-refractivity contribution in [1.29, 1.82) is 0 Å². The summed E-state index contributed by atoms with van der Waals surface area (Å²) < 4.78 is 0.862. The maximum atomic E-state index is 11.5. The summed E-state index contributed by atoms with van der Waals surface area (Å²) in [5.74, 6) is 0. The van der Waals surface area contributed by atoms with Gasteiger partial charge in [-0.3, -0.25) is 9.78 Å². The Morgan fingerprint density at radius 2 is 2.20 bits per heavy atom. The Bertz CT molecular complexity index is 594. The summed E-state index contributed by atoms with van der Waals surface area (Å²) in [6.07, 6.45) is 0. The standard InChI is InChI=1S/C8H10N4OS2/c1-3(2)9-8-11-5-4(15-8)6(13)12-7(14)10-5/h3H,1-2H3,(H3,9,10,11,12,13,14). The van der Waals surface area contributed by atoms with Crippen molar-refractivity contribution >= 4 is 39.0 Å². The van der Waals surface area contributed by atoms with Gasteiger partial charge in [0.15, 0.2) is 15.5 Å². The average Bonchev–Trinajstić information content (AvgIpc) is 2.45. The molecule has 0 spiro atoms. The number of aromatic nitrogens is 3. The fourth-order valence-electron chi connectivity index (χ4n) is 1.17. The largest absolute Gasteiger partial charge is 0.359 e. The zero-order valence-corrected chi connectivity index (χ0v) is 9.88. The van der Waals surface area contributed by atoms with Crippen LogP contribution in [-0.2, 0) is 0 Å². The van der Waals surface area contributed by atoms with Gasteiger partial charge in [0.25, 0.3) is 5.56 Å². The Labute approximate surface area is 94.6 Å². The van der Waals surface area contributed by atoms with E-state index in [-0.39, 0.29) is 11.6 Å². The molecule has 2 aromatic heterocycles. The van der Waals surface area contributed by atoms with Crippen molar-refractivity contribution in [3.63, 3.8) is 0 Å². The molecule has 0 amide bonds. The van der Waals surface area contributed by atoms with Crippen molar-refractivity contribution in [2.24, 2.45) is 0 Å². The van der Waals surface area contributed by atoms with Crippen molar-refractivity contribution < 1.29 is 0 Å². The first-order valence-electron chi connectivity index (χ1n) is 4.46. The number of anilines is 1. The van der Waals surface area contributed by atoms with Crippen molar-refractivity contribution in [2.45, 2.75) is 19.9 Å². The van der Waals surface area contributed by atoms with E-state index in [0.717, 1.165) is 5.13 Å². The van der Waals surface area contributed by atoms with Gasteiger partial charge in [0.05, 0.1) is 0 Å². The second-order valence-corrected chi connectivity index (χ2v) is 4.81. The van der Waals surface area contributed by atoms with Crippen LogP contribution < -0.4 is 10.9 Å². The molecular weight excluding hydrogens is 232 g/mol. The molecule has 15 heavy (non-hydrogen) atoms. The highest BCUT2D eigenvalue weighted by atomic mass is 32.1. The summed E-state index contributed by atoms with van der Waals surface area (Å²) in [5, 5.41) is 3.87. The highest BCUT2D eigenvalue weighted by Gasteiger charge is 2.07. The third-order valence-electron chi connectivity index (χ3n) is 1.70. The molecule has 0 aromatic carbocycles. The van der Waals surface area contributed by atoms with E-state index in [4.69, 9.17) is 12.2 Å². The molecular formula is C8H10N4OS2. The lowest BCUT2D eigenvalue weighted by molar-refractivity contribution is 0.897. The Balaban J connectivity index is 2.60. The SMILES string of the molecule is CC(C)Nc1nc2[nH]c(=S)[nH]c(=O)c2s1. The first-order valence-corrected chi connectivity index (χ1v) is 5.68. The Kier molecular flexibility index (Phi) is 2.57. The molecule has 3 N–H and O–H groups in total. The van der Waals surface area contributed by atoms with Crippen LogP contribution in [0.5, 0.6) is 0 Å². The van der Waals surface area contributed by atoms with E-state index in [9.17, 15) is 4.79 Å². The third-order valence-corrected chi connectivity index (χ3v) is 2.89.